The van der Waals surface area contributed by atoms with Crippen molar-refractivity contribution in [1.29, 1.82) is 0 Å². The van der Waals surface area contributed by atoms with Crippen LogP contribution in [0.15, 0.2) is 24.3 Å². The number of unbranched alkanes of at least 4 members (excludes halogenated alkanes) is 4. The van der Waals surface area contributed by atoms with Crippen molar-refractivity contribution in [3.05, 3.63) is 35.4 Å². The maximum atomic E-state index is 3.66. The lowest BCUT2D eigenvalue weighted by molar-refractivity contribution is 0.461. The van der Waals surface area contributed by atoms with E-state index in [1.54, 1.807) is 0 Å². The molecule has 1 aromatic carbocycles. The van der Waals surface area contributed by atoms with E-state index in [1.807, 2.05) is 0 Å². The summed E-state index contributed by atoms with van der Waals surface area (Å²) in [4.78, 5) is 0. The van der Waals surface area contributed by atoms with Gasteiger partial charge in [-0.25, -0.2) is 0 Å². The van der Waals surface area contributed by atoms with Crippen molar-refractivity contribution in [2.75, 3.05) is 6.54 Å². The van der Waals surface area contributed by atoms with Gasteiger partial charge in [0.1, 0.15) is 0 Å². The van der Waals surface area contributed by atoms with Gasteiger partial charge in [-0.2, -0.15) is 0 Å². The molecule has 1 rings (SSSR count). The smallest absolute Gasteiger partial charge is 0.0107 e. The number of benzene rings is 1. The highest BCUT2D eigenvalue weighted by atomic mass is 14.9. The Morgan fingerprint density at radius 2 is 1.57 bits per heavy atom. The molecule has 0 amide bonds. The summed E-state index contributed by atoms with van der Waals surface area (Å²) >= 11 is 0. The summed E-state index contributed by atoms with van der Waals surface area (Å²) in [5.74, 6) is 0.627. The van der Waals surface area contributed by atoms with Crippen LogP contribution in [0.3, 0.4) is 0 Å². The van der Waals surface area contributed by atoms with E-state index in [9.17, 15) is 0 Å². The van der Waals surface area contributed by atoms with Crippen LogP contribution in [0.2, 0.25) is 0 Å². The van der Waals surface area contributed by atoms with Crippen molar-refractivity contribution in [3.8, 4) is 0 Å². The quantitative estimate of drug-likeness (QED) is 0.516. The van der Waals surface area contributed by atoms with E-state index in [1.165, 1.54) is 56.1 Å². The Kier molecular flexibility index (Phi) is 9.41. The molecule has 0 spiro atoms. The molecule has 0 aliphatic carbocycles. The minimum Gasteiger partial charge on any atom is -0.314 e. The first-order chi connectivity index (χ1) is 10.2. The molecular weight excluding hydrogens is 254 g/mol. The van der Waals surface area contributed by atoms with Crippen LogP contribution in [0.1, 0.15) is 83.3 Å². The first-order valence-electron chi connectivity index (χ1n) is 8.99. The van der Waals surface area contributed by atoms with Crippen LogP contribution in [-0.4, -0.2) is 12.6 Å². The van der Waals surface area contributed by atoms with Crippen LogP contribution < -0.4 is 5.32 Å². The Morgan fingerprint density at radius 1 is 0.905 bits per heavy atom. The summed E-state index contributed by atoms with van der Waals surface area (Å²) < 4.78 is 0. The van der Waals surface area contributed by atoms with Gasteiger partial charge >= 0.3 is 0 Å². The van der Waals surface area contributed by atoms with E-state index < -0.39 is 0 Å². The van der Waals surface area contributed by atoms with E-state index in [4.69, 9.17) is 0 Å². The van der Waals surface area contributed by atoms with Gasteiger partial charge in [-0.05, 0) is 36.4 Å². The Morgan fingerprint density at radius 3 is 2.14 bits per heavy atom. The van der Waals surface area contributed by atoms with Crippen LogP contribution in [0, 0.1) is 0 Å². The van der Waals surface area contributed by atoms with Gasteiger partial charge in [0.25, 0.3) is 0 Å². The van der Waals surface area contributed by atoms with Gasteiger partial charge in [-0.15, -0.1) is 0 Å². The Balaban J connectivity index is 2.41. The van der Waals surface area contributed by atoms with Crippen molar-refractivity contribution in [2.45, 2.75) is 84.6 Å². The van der Waals surface area contributed by atoms with Crippen LogP contribution >= 0.6 is 0 Å². The fourth-order valence-corrected chi connectivity index (χ4v) is 2.88. The number of hydrogen-bond donors (Lipinski definition) is 1. The second-order valence-electron chi connectivity index (χ2n) is 6.56. The summed E-state index contributed by atoms with van der Waals surface area (Å²) in [6.45, 7) is 10.1. The topological polar surface area (TPSA) is 12.0 Å². The molecule has 0 aliphatic rings. The summed E-state index contributed by atoms with van der Waals surface area (Å²) in [6, 6.07) is 9.86. The number of nitrogens with one attached hydrogen (secondary N) is 1. The molecule has 1 aromatic rings. The molecule has 0 heterocycles. The minimum absolute atomic E-state index is 0.627. The zero-order valence-corrected chi connectivity index (χ0v) is 14.6. The first kappa shape index (κ1) is 18.2. The highest BCUT2D eigenvalue weighted by Gasteiger charge is 2.08. The van der Waals surface area contributed by atoms with Crippen molar-refractivity contribution in [3.63, 3.8) is 0 Å². The molecule has 1 heteroatoms. The third-order valence-corrected chi connectivity index (χ3v) is 4.28. The SMILES string of the molecule is CCCCCCCC(Cc1ccc(C(C)C)cc1)NCC. The van der Waals surface area contributed by atoms with E-state index in [0.29, 0.717) is 12.0 Å². The Bertz CT molecular complexity index is 353. The number of rotatable bonds is 11. The molecule has 0 aliphatic heterocycles. The molecule has 0 saturated carbocycles. The van der Waals surface area contributed by atoms with Crippen molar-refractivity contribution < 1.29 is 0 Å². The van der Waals surface area contributed by atoms with Gasteiger partial charge in [0.05, 0.1) is 0 Å². The third-order valence-electron chi connectivity index (χ3n) is 4.28. The van der Waals surface area contributed by atoms with Crippen LogP contribution in [-0.2, 0) is 6.42 Å². The molecule has 0 saturated heterocycles. The average Bonchev–Trinajstić information content (AvgIpc) is 2.47. The molecule has 120 valence electrons. The van der Waals surface area contributed by atoms with Crippen LogP contribution in [0.4, 0.5) is 0 Å². The molecule has 0 fully saturated rings. The standard InChI is InChI=1S/C20H35N/c1-5-7-8-9-10-11-20(21-6-2)16-18-12-14-19(15-13-18)17(3)4/h12-15,17,20-21H,5-11,16H2,1-4H3. The predicted molar refractivity (Wildman–Crippen MR) is 95.1 cm³/mol. The van der Waals surface area contributed by atoms with Gasteiger partial charge in [-0.3, -0.25) is 0 Å². The summed E-state index contributed by atoms with van der Waals surface area (Å²) in [5.41, 5.74) is 2.91. The van der Waals surface area contributed by atoms with Crippen molar-refractivity contribution >= 4 is 0 Å². The molecular formula is C20H35N. The van der Waals surface area contributed by atoms with Gasteiger partial charge in [0.15, 0.2) is 0 Å². The number of likely N-dealkylation sites (N-methyl/N-ethyl adjacent to an activating group) is 1. The summed E-state index contributed by atoms with van der Waals surface area (Å²) in [7, 11) is 0. The van der Waals surface area contributed by atoms with Gasteiger partial charge in [0.2, 0.25) is 0 Å². The minimum atomic E-state index is 0.627. The molecule has 21 heavy (non-hydrogen) atoms. The summed E-state index contributed by atoms with van der Waals surface area (Å²) in [5, 5.41) is 3.66. The van der Waals surface area contributed by atoms with Crippen molar-refractivity contribution in [2.24, 2.45) is 0 Å². The van der Waals surface area contributed by atoms with Gasteiger partial charge < -0.3 is 5.32 Å². The van der Waals surface area contributed by atoms with Crippen molar-refractivity contribution in [1.82, 2.24) is 5.32 Å². The zero-order valence-electron chi connectivity index (χ0n) is 14.6. The molecule has 1 atom stereocenters. The molecule has 0 bridgehead atoms. The summed E-state index contributed by atoms with van der Waals surface area (Å²) in [6.07, 6.45) is 9.35. The van der Waals surface area contributed by atoms with Crippen LogP contribution in [0.5, 0.6) is 0 Å². The lowest BCUT2D eigenvalue weighted by atomic mass is 9.96. The predicted octanol–water partition coefficient (Wildman–Crippen LogP) is 5.69. The lowest BCUT2D eigenvalue weighted by Gasteiger charge is -2.18. The van der Waals surface area contributed by atoms with E-state index in [2.05, 4.69) is 57.3 Å². The van der Waals surface area contributed by atoms with Gasteiger partial charge in [0, 0.05) is 6.04 Å². The van der Waals surface area contributed by atoms with Gasteiger partial charge in [-0.1, -0.05) is 84.1 Å². The monoisotopic (exact) mass is 289 g/mol. The van der Waals surface area contributed by atoms with Crippen LogP contribution in [0.25, 0.3) is 0 Å². The Labute approximate surface area is 132 Å². The number of hydrogen-bond acceptors (Lipinski definition) is 1. The highest BCUT2D eigenvalue weighted by molar-refractivity contribution is 5.25. The zero-order chi connectivity index (χ0) is 15.5. The Hall–Kier alpha value is -0.820. The van der Waals surface area contributed by atoms with E-state index in [0.717, 1.165) is 6.54 Å². The third kappa shape index (κ3) is 7.66. The largest absolute Gasteiger partial charge is 0.314 e. The second kappa shape index (κ2) is 10.8. The molecule has 1 nitrogen and oxygen atoms in total. The maximum Gasteiger partial charge on any atom is 0.0107 e. The average molecular weight is 290 g/mol. The molecule has 0 aromatic heterocycles. The first-order valence-corrected chi connectivity index (χ1v) is 8.99. The fourth-order valence-electron chi connectivity index (χ4n) is 2.88. The lowest BCUT2D eigenvalue weighted by Crippen LogP contribution is -2.30. The molecule has 1 unspecified atom stereocenters. The maximum absolute atomic E-state index is 3.66. The molecule has 1 N–H and O–H groups in total. The molecule has 0 radical (unpaired) electrons. The fraction of sp³-hybridized carbons (Fsp3) is 0.700. The highest BCUT2D eigenvalue weighted by Crippen LogP contribution is 2.17. The van der Waals surface area contributed by atoms with E-state index >= 15 is 0 Å². The second-order valence-corrected chi connectivity index (χ2v) is 6.56. The normalized spacial score (nSPS) is 12.8. The van der Waals surface area contributed by atoms with E-state index in [-0.39, 0.29) is 0 Å².